The number of ether oxygens (including phenoxy) is 4. The van der Waals surface area contributed by atoms with Crippen molar-refractivity contribution in [2.75, 3.05) is 32.3 Å². The van der Waals surface area contributed by atoms with Crippen LogP contribution in [0, 0.1) is 6.92 Å². The number of rotatable bonds is 5. The summed E-state index contributed by atoms with van der Waals surface area (Å²) in [5.74, 6) is -1.24. The smallest absolute Gasteiger partial charge is 0.350 e. The van der Waals surface area contributed by atoms with Crippen LogP contribution in [0.4, 0.5) is 5.13 Å². The third-order valence-electron chi connectivity index (χ3n) is 6.05. The summed E-state index contributed by atoms with van der Waals surface area (Å²) in [7, 11) is 2.77. The molecule has 2 aliphatic rings. The predicted molar refractivity (Wildman–Crippen MR) is 133 cm³/mol. The van der Waals surface area contributed by atoms with Crippen molar-refractivity contribution >= 4 is 39.9 Å². The van der Waals surface area contributed by atoms with E-state index >= 15 is 0 Å². The number of esters is 1. The number of ketones is 1. The summed E-state index contributed by atoms with van der Waals surface area (Å²) in [6, 6.07) is 10.5. The zero-order chi connectivity index (χ0) is 26.3. The van der Waals surface area contributed by atoms with Gasteiger partial charge in [-0.05, 0) is 42.8 Å². The third kappa shape index (κ3) is 4.16. The van der Waals surface area contributed by atoms with Gasteiger partial charge in [0.15, 0.2) is 16.6 Å². The van der Waals surface area contributed by atoms with E-state index in [1.165, 1.54) is 19.1 Å². The molecule has 11 heteroatoms. The van der Waals surface area contributed by atoms with Gasteiger partial charge in [0.25, 0.3) is 5.78 Å². The van der Waals surface area contributed by atoms with Crippen molar-refractivity contribution in [1.29, 1.82) is 0 Å². The first-order valence-electron chi connectivity index (χ1n) is 11.2. The van der Waals surface area contributed by atoms with Gasteiger partial charge in [-0.3, -0.25) is 14.5 Å². The van der Waals surface area contributed by atoms with E-state index in [0.717, 1.165) is 11.3 Å². The second kappa shape index (κ2) is 9.58. The molecule has 1 fully saturated rings. The maximum Gasteiger partial charge on any atom is 0.350 e. The fourth-order valence-corrected chi connectivity index (χ4v) is 5.26. The summed E-state index contributed by atoms with van der Waals surface area (Å²) in [5.41, 5.74) is 1.05. The lowest BCUT2D eigenvalue weighted by molar-refractivity contribution is -0.132. The second-order valence-corrected chi connectivity index (χ2v) is 9.18. The Morgan fingerprint density at radius 3 is 2.46 bits per heavy atom. The number of methoxy groups -OCH3 is 2. The molecule has 0 saturated carbocycles. The standard InChI is InChI=1S/C26H22N2O8S/c1-13-23(25(32)34-3)37-26(27-13)28-20(14-4-7-16(33-2)8-5-14)19(22(30)24(28)31)21(29)15-6-9-17-18(12-15)36-11-10-35-17/h4-9,12,20,29H,10-11H2,1-3H3/b21-19+/t20-/m1/s1. The molecule has 0 bridgehead atoms. The van der Waals surface area contributed by atoms with Crippen LogP contribution in [0.1, 0.15) is 32.5 Å². The lowest BCUT2D eigenvalue weighted by atomic mass is 9.95. The number of benzene rings is 2. The fourth-order valence-electron chi connectivity index (χ4n) is 4.24. The van der Waals surface area contributed by atoms with Crippen LogP contribution < -0.4 is 19.1 Å². The van der Waals surface area contributed by atoms with E-state index in [-0.39, 0.29) is 26.9 Å². The number of carbonyl (C=O) groups excluding carboxylic acids is 3. The highest BCUT2D eigenvalue weighted by molar-refractivity contribution is 7.17. The zero-order valence-corrected chi connectivity index (χ0v) is 21.0. The molecule has 2 aliphatic heterocycles. The number of anilines is 1. The molecule has 190 valence electrons. The number of amides is 1. The summed E-state index contributed by atoms with van der Waals surface area (Å²) in [6.45, 7) is 2.36. The highest BCUT2D eigenvalue weighted by Gasteiger charge is 2.48. The van der Waals surface area contributed by atoms with E-state index in [1.807, 2.05) is 0 Å². The fraction of sp³-hybridized carbons (Fsp3) is 0.231. The van der Waals surface area contributed by atoms with Gasteiger partial charge in [-0.15, -0.1) is 0 Å². The SMILES string of the molecule is COC(=O)c1sc(N2C(=O)C(=O)/C(=C(/O)c3ccc4c(c3)OCCO4)[C@H]2c2ccc(OC)cc2)nc1C. The van der Waals surface area contributed by atoms with E-state index in [9.17, 15) is 19.5 Å². The van der Waals surface area contributed by atoms with Gasteiger partial charge < -0.3 is 24.1 Å². The summed E-state index contributed by atoms with van der Waals surface area (Å²) >= 11 is 0.931. The van der Waals surface area contributed by atoms with Gasteiger partial charge in [-0.1, -0.05) is 23.5 Å². The number of aromatic nitrogens is 1. The van der Waals surface area contributed by atoms with E-state index in [1.54, 1.807) is 49.4 Å². The molecule has 1 aromatic heterocycles. The Kier molecular flexibility index (Phi) is 6.30. The van der Waals surface area contributed by atoms with Crippen molar-refractivity contribution in [1.82, 2.24) is 4.98 Å². The number of aliphatic hydroxyl groups is 1. The number of hydrogen-bond acceptors (Lipinski definition) is 10. The molecule has 5 rings (SSSR count). The van der Waals surface area contributed by atoms with Crippen molar-refractivity contribution in [3.8, 4) is 17.2 Å². The summed E-state index contributed by atoms with van der Waals surface area (Å²) in [5, 5.41) is 11.5. The lowest BCUT2D eigenvalue weighted by Gasteiger charge is -2.23. The van der Waals surface area contributed by atoms with Crippen LogP contribution in [0.15, 0.2) is 48.0 Å². The van der Waals surface area contributed by atoms with Crippen LogP contribution in [-0.2, 0) is 14.3 Å². The average molecular weight is 523 g/mol. The largest absolute Gasteiger partial charge is 0.507 e. The monoisotopic (exact) mass is 522 g/mol. The quantitative estimate of drug-likeness (QED) is 0.231. The lowest BCUT2D eigenvalue weighted by Crippen LogP contribution is -2.29. The topological polar surface area (TPSA) is 124 Å². The molecule has 10 nitrogen and oxygen atoms in total. The average Bonchev–Trinajstić information content (AvgIpc) is 3.43. The Morgan fingerprint density at radius 1 is 1.08 bits per heavy atom. The van der Waals surface area contributed by atoms with Crippen molar-refractivity contribution in [2.24, 2.45) is 0 Å². The number of hydrogen-bond donors (Lipinski definition) is 1. The van der Waals surface area contributed by atoms with Crippen LogP contribution in [0.2, 0.25) is 0 Å². The molecule has 37 heavy (non-hydrogen) atoms. The van der Waals surface area contributed by atoms with Gasteiger partial charge in [0.2, 0.25) is 0 Å². The van der Waals surface area contributed by atoms with E-state index in [0.29, 0.717) is 41.7 Å². The van der Waals surface area contributed by atoms with Crippen molar-refractivity contribution in [2.45, 2.75) is 13.0 Å². The number of nitrogens with zero attached hydrogens (tertiary/aromatic N) is 2. The van der Waals surface area contributed by atoms with Crippen molar-refractivity contribution in [3.63, 3.8) is 0 Å². The molecule has 3 aromatic rings. The van der Waals surface area contributed by atoms with Gasteiger partial charge in [0.1, 0.15) is 29.6 Å². The maximum absolute atomic E-state index is 13.4. The van der Waals surface area contributed by atoms with E-state index < -0.39 is 23.7 Å². The number of aliphatic hydroxyl groups excluding tert-OH is 1. The Labute approximate surface area is 215 Å². The molecule has 1 saturated heterocycles. The molecular formula is C26H22N2O8S. The Hall–Kier alpha value is -4.38. The molecule has 2 aromatic carbocycles. The highest BCUT2D eigenvalue weighted by Crippen LogP contribution is 2.45. The van der Waals surface area contributed by atoms with Crippen LogP contribution in [0.25, 0.3) is 5.76 Å². The first-order valence-corrected chi connectivity index (χ1v) is 12.1. The molecule has 0 spiro atoms. The minimum atomic E-state index is -1.02. The summed E-state index contributed by atoms with van der Waals surface area (Å²) < 4.78 is 21.2. The number of Topliss-reactive ketones (excluding diaryl/α,β-unsaturated/α-hetero) is 1. The minimum absolute atomic E-state index is 0.126. The molecule has 3 heterocycles. The second-order valence-electron chi connectivity index (χ2n) is 8.20. The number of carbonyl (C=O) groups is 3. The van der Waals surface area contributed by atoms with Gasteiger partial charge >= 0.3 is 11.9 Å². The summed E-state index contributed by atoms with van der Waals surface area (Å²) in [4.78, 5) is 44.7. The van der Waals surface area contributed by atoms with E-state index in [2.05, 4.69) is 4.98 Å². The van der Waals surface area contributed by atoms with Crippen molar-refractivity contribution < 1.29 is 38.4 Å². The van der Waals surface area contributed by atoms with Gasteiger partial charge in [0.05, 0.1) is 31.5 Å². The summed E-state index contributed by atoms with van der Waals surface area (Å²) in [6.07, 6.45) is 0. The third-order valence-corrected chi connectivity index (χ3v) is 7.19. The molecule has 0 aliphatic carbocycles. The number of aryl methyl sites for hydroxylation is 1. The zero-order valence-electron chi connectivity index (χ0n) is 20.1. The first-order chi connectivity index (χ1) is 17.8. The predicted octanol–water partition coefficient (Wildman–Crippen LogP) is 3.64. The van der Waals surface area contributed by atoms with E-state index in [4.69, 9.17) is 18.9 Å². The van der Waals surface area contributed by atoms with Crippen LogP contribution in [0.3, 0.4) is 0 Å². The Bertz CT molecular complexity index is 1440. The Balaban J connectivity index is 1.68. The van der Waals surface area contributed by atoms with Gasteiger partial charge in [0, 0.05) is 5.56 Å². The number of fused-ring (bicyclic) bond motifs is 1. The van der Waals surface area contributed by atoms with Gasteiger partial charge in [-0.25, -0.2) is 9.78 Å². The Morgan fingerprint density at radius 2 is 1.78 bits per heavy atom. The molecule has 0 unspecified atom stereocenters. The highest BCUT2D eigenvalue weighted by atomic mass is 32.1. The molecule has 1 atom stereocenters. The molecule has 1 N–H and O–H groups in total. The maximum atomic E-state index is 13.4. The molecule has 1 amide bonds. The van der Waals surface area contributed by atoms with Crippen LogP contribution >= 0.6 is 11.3 Å². The number of thiazole rings is 1. The van der Waals surface area contributed by atoms with Gasteiger partial charge in [-0.2, -0.15) is 0 Å². The normalized spacial score (nSPS) is 18.1. The van der Waals surface area contributed by atoms with Crippen molar-refractivity contribution in [3.05, 3.63) is 69.7 Å². The molecular weight excluding hydrogens is 500 g/mol. The van der Waals surface area contributed by atoms with Crippen LogP contribution in [-0.4, -0.2) is 55.2 Å². The first kappa shape index (κ1) is 24.3. The minimum Gasteiger partial charge on any atom is -0.507 e. The van der Waals surface area contributed by atoms with Crippen LogP contribution in [0.5, 0.6) is 17.2 Å². The molecule has 0 radical (unpaired) electrons.